The average molecular weight is 527 g/mol. The topological polar surface area (TPSA) is 111 Å². The summed E-state index contributed by atoms with van der Waals surface area (Å²) in [6.07, 6.45) is 0. The summed E-state index contributed by atoms with van der Waals surface area (Å²) in [4.78, 5) is 35.5. The Morgan fingerprint density at radius 2 is 1.79 bits per heavy atom. The fraction of sp³-hybridized carbons (Fsp3) is 0.167. The van der Waals surface area contributed by atoms with Crippen LogP contribution in [0.5, 0.6) is 11.5 Å². The number of halogens is 2. The van der Waals surface area contributed by atoms with Crippen LogP contribution in [0.4, 0.5) is 11.4 Å². The number of methoxy groups -OCH3 is 1. The van der Waals surface area contributed by atoms with Crippen molar-refractivity contribution in [3.05, 3.63) is 55.5 Å². The minimum atomic E-state index is -1.22. The monoisotopic (exact) mass is 525 g/mol. The number of hydrogen-bond acceptors (Lipinski definition) is 7. The molecule has 0 bridgehead atoms. The maximum Gasteiger partial charge on any atom is 0.329 e. The van der Waals surface area contributed by atoms with Crippen LogP contribution in [0.3, 0.4) is 0 Å². The number of hydrazone groups is 1. The lowest BCUT2D eigenvalue weighted by Gasteiger charge is -2.16. The van der Waals surface area contributed by atoms with Gasteiger partial charge in [-0.3, -0.25) is 19.7 Å². The van der Waals surface area contributed by atoms with Gasteiger partial charge in [0.05, 0.1) is 32.4 Å². The first-order chi connectivity index (χ1) is 13.7. The van der Waals surface area contributed by atoms with Crippen LogP contribution in [-0.2, 0) is 9.59 Å². The van der Waals surface area contributed by atoms with Crippen molar-refractivity contribution in [3.8, 4) is 11.5 Å². The number of nitro benzene ring substituents is 1. The van der Waals surface area contributed by atoms with E-state index < -0.39 is 22.7 Å². The van der Waals surface area contributed by atoms with E-state index in [0.717, 1.165) is 5.01 Å². The summed E-state index contributed by atoms with van der Waals surface area (Å²) in [5.74, 6) is -1.97. The molecule has 2 aromatic carbocycles. The van der Waals surface area contributed by atoms with Gasteiger partial charge in [-0.2, -0.15) is 10.1 Å². The molecule has 1 atom stereocenters. The number of carbonyl (C=O) groups is 2. The molecule has 1 heterocycles. The second kappa shape index (κ2) is 8.29. The van der Waals surface area contributed by atoms with Gasteiger partial charge in [-0.25, -0.2) is 0 Å². The van der Waals surface area contributed by atoms with Crippen molar-refractivity contribution in [3.63, 3.8) is 0 Å². The van der Waals surface area contributed by atoms with Crippen LogP contribution in [0, 0.1) is 16.0 Å². The summed E-state index contributed by atoms with van der Waals surface area (Å²) in [5, 5.41) is 16.0. The Kier molecular flexibility index (Phi) is 5.99. The molecular weight excluding hydrogens is 514 g/mol. The zero-order valence-electron chi connectivity index (χ0n) is 15.1. The second-order valence-corrected chi connectivity index (χ2v) is 7.65. The van der Waals surface area contributed by atoms with Gasteiger partial charge in [0.25, 0.3) is 11.6 Å². The molecule has 3 rings (SSSR count). The van der Waals surface area contributed by atoms with Crippen LogP contribution in [0.15, 0.2) is 50.4 Å². The van der Waals surface area contributed by atoms with Gasteiger partial charge >= 0.3 is 5.97 Å². The lowest BCUT2D eigenvalue weighted by molar-refractivity contribution is -0.384. The van der Waals surface area contributed by atoms with Crippen LogP contribution < -0.4 is 14.5 Å². The third kappa shape index (κ3) is 4.15. The zero-order valence-corrected chi connectivity index (χ0v) is 18.3. The molecule has 1 aliphatic heterocycles. The molecule has 150 valence electrons. The number of amides is 1. The Bertz CT molecular complexity index is 1020. The minimum Gasteiger partial charge on any atom is -0.494 e. The first kappa shape index (κ1) is 20.9. The SMILES string of the molecule is COc1c(Br)cc(N2N=C(C)C(C(=O)Oc3ccc([N+](=O)[O-])cc3)C2=O)cc1Br. The van der Waals surface area contributed by atoms with E-state index in [4.69, 9.17) is 9.47 Å². The highest BCUT2D eigenvalue weighted by Crippen LogP contribution is 2.38. The normalized spacial score (nSPS) is 15.9. The van der Waals surface area contributed by atoms with Crippen molar-refractivity contribution in [2.24, 2.45) is 11.0 Å². The van der Waals surface area contributed by atoms with Gasteiger partial charge in [0, 0.05) is 12.1 Å². The van der Waals surface area contributed by atoms with Gasteiger partial charge in [0.1, 0.15) is 11.5 Å². The number of benzene rings is 2. The van der Waals surface area contributed by atoms with E-state index in [-0.39, 0.29) is 17.1 Å². The number of non-ortho nitro benzene ring substituents is 1. The third-order valence-electron chi connectivity index (χ3n) is 4.06. The lowest BCUT2D eigenvalue weighted by Crippen LogP contribution is -2.35. The van der Waals surface area contributed by atoms with E-state index in [1.807, 2.05) is 0 Å². The number of nitro groups is 1. The van der Waals surface area contributed by atoms with E-state index >= 15 is 0 Å². The van der Waals surface area contributed by atoms with Crippen LogP contribution in [0.25, 0.3) is 0 Å². The van der Waals surface area contributed by atoms with E-state index in [2.05, 4.69) is 37.0 Å². The molecule has 0 radical (unpaired) electrons. The Morgan fingerprint density at radius 1 is 1.21 bits per heavy atom. The number of hydrogen-bond donors (Lipinski definition) is 0. The summed E-state index contributed by atoms with van der Waals surface area (Å²) in [5.41, 5.74) is 0.561. The molecule has 11 heteroatoms. The predicted molar refractivity (Wildman–Crippen MR) is 111 cm³/mol. The molecule has 0 spiro atoms. The molecule has 0 saturated heterocycles. The van der Waals surface area contributed by atoms with Crippen molar-refractivity contribution < 1.29 is 24.0 Å². The average Bonchev–Trinajstić information content (AvgIpc) is 2.96. The molecule has 0 aromatic heterocycles. The molecular formula is C18H13Br2N3O6. The first-order valence-corrected chi connectivity index (χ1v) is 9.69. The fourth-order valence-electron chi connectivity index (χ4n) is 2.70. The molecule has 0 fully saturated rings. The Hall–Kier alpha value is -2.79. The number of anilines is 1. The Morgan fingerprint density at radius 3 is 2.31 bits per heavy atom. The quantitative estimate of drug-likeness (QED) is 0.191. The number of nitrogens with zero attached hydrogens (tertiary/aromatic N) is 3. The van der Waals surface area contributed by atoms with Crippen molar-refractivity contribution in [2.45, 2.75) is 6.92 Å². The van der Waals surface area contributed by atoms with E-state index in [1.165, 1.54) is 31.4 Å². The summed E-state index contributed by atoms with van der Waals surface area (Å²) in [6.45, 7) is 1.55. The van der Waals surface area contributed by atoms with Crippen molar-refractivity contribution in [2.75, 3.05) is 12.1 Å². The third-order valence-corrected chi connectivity index (χ3v) is 5.24. The standard InChI is InChI=1S/C18H13Br2N3O6/c1-9-15(18(25)29-12-5-3-10(4-6-12)23(26)27)17(24)22(21-9)11-7-13(19)16(28-2)14(20)8-11/h3-8,15H,1-2H3. The van der Waals surface area contributed by atoms with Gasteiger partial charge in [0.15, 0.2) is 5.92 Å². The zero-order chi connectivity index (χ0) is 21.3. The number of rotatable bonds is 5. The van der Waals surface area contributed by atoms with E-state index in [1.54, 1.807) is 19.1 Å². The Labute approximate surface area is 181 Å². The minimum absolute atomic E-state index is 0.0922. The largest absolute Gasteiger partial charge is 0.494 e. The predicted octanol–water partition coefficient (Wildman–Crippen LogP) is 4.07. The highest BCUT2D eigenvalue weighted by Gasteiger charge is 2.41. The van der Waals surface area contributed by atoms with Gasteiger partial charge in [-0.1, -0.05) is 0 Å². The van der Waals surface area contributed by atoms with Crippen molar-refractivity contribution in [1.82, 2.24) is 0 Å². The molecule has 2 aromatic rings. The molecule has 9 nitrogen and oxygen atoms in total. The van der Waals surface area contributed by atoms with Gasteiger partial charge in [0.2, 0.25) is 0 Å². The Balaban J connectivity index is 1.80. The first-order valence-electron chi connectivity index (χ1n) is 8.11. The number of esters is 1. The summed E-state index contributed by atoms with van der Waals surface area (Å²) in [7, 11) is 1.51. The molecule has 1 amide bonds. The molecule has 0 N–H and O–H groups in total. The highest BCUT2D eigenvalue weighted by atomic mass is 79.9. The molecule has 0 saturated carbocycles. The van der Waals surface area contributed by atoms with Gasteiger partial charge < -0.3 is 9.47 Å². The molecule has 0 aliphatic carbocycles. The summed E-state index contributed by atoms with van der Waals surface area (Å²) >= 11 is 6.73. The summed E-state index contributed by atoms with van der Waals surface area (Å²) in [6, 6.07) is 8.27. The summed E-state index contributed by atoms with van der Waals surface area (Å²) < 4.78 is 11.7. The van der Waals surface area contributed by atoms with Gasteiger partial charge in [-0.05, 0) is 63.0 Å². The van der Waals surface area contributed by atoms with Crippen molar-refractivity contribution in [1.29, 1.82) is 0 Å². The maximum atomic E-state index is 12.8. The molecule has 1 aliphatic rings. The van der Waals surface area contributed by atoms with Crippen LogP contribution in [0.2, 0.25) is 0 Å². The molecule has 29 heavy (non-hydrogen) atoms. The fourth-order valence-corrected chi connectivity index (χ4v) is 4.18. The second-order valence-electron chi connectivity index (χ2n) is 5.94. The maximum absolute atomic E-state index is 12.8. The number of ether oxygens (including phenoxy) is 2. The number of carbonyl (C=O) groups excluding carboxylic acids is 2. The van der Waals surface area contributed by atoms with Crippen LogP contribution >= 0.6 is 31.9 Å². The highest BCUT2D eigenvalue weighted by molar-refractivity contribution is 9.11. The smallest absolute Gasteiger partial charge is 0.329 e. The van der Waals surface area contributed by atoms with Crippen LogP contribution in [-0.4, -0.2) is 29.6 Å². The van der Waals surface area contributed by atoms with E-state index in [0.29, 0.717) is 20.4 Å². The molecule has 1 unspecified atom stereocenters. The lowest BCUT2D eigenvalue weighted by atomic mass is 10.1. The van der Waals surface area contributed by atoms with E-state index in [9.17, 15) is 19.7 Å². The van der Waals surface area contributed by atoms with Crippen molar-refractivity contribution >= 4 is 60.8 Å². The van der Waals surface area contributed by atoms with Crippen LogP contribution in [0.1, 0.15) is 6.92 Å². The van der Waals surface area contributed by atoms with Gasteiger partial charge in [-0.15, -0.1) is 0 Å².